The number of piperazine rings is 1. The van der Waals surface area contributed by atoms with E-state index in [0.29, 0.717) is 0 Å². The standard InChI is InChI=1S/C10H21N2O2S/c1-4-6-12-7-5-11-8-10(12)9(2)15(3,13)14/h6,9-11H,4-5,7-8H2,1-3H3. The summed E-state index contributed by atoms with van der Waals surface area (Å²) in [5.41, 5.74) is 0. The van der Waals surface area contributed by atoms with Gasteiger partial charge in [-0.3, -0.25) is 4.90 Å². The van der Waals surface area contributed by atoms with Gasteiger partial charge in [0.15, 0.2) is 9.84 Å². The van der Waals surface area contributed by atoms with E-state index in [4.69, 9.17) is 0 Å². The van der Waals surface area contributed by atoms with Crippen molar-refractivity contribution in [3.05, 3.63) is 6.54 Å². The highest BCUT2D eigenvalue weighted by Crippen LogP contribution is 2.15. The maximum absolute atomic E-state index is 11.5. The molecule has 2 unspecified atom stereocenters. The lowest BCUT2D eigenvalue weighted by Gasteiger charge is -2.38. The molecule has 1 heterocycles. The zero-order chi connectivity index (χ0) is 11.5. The van der Waals surface area contributed by atoms with Crippen LogP contribution in [0.3, 0.4) is 0 Å². The van der Waals surface area contributed by atoms with Gasteiger partial charge in [-0.2, -0.15) is 0 Å². The third-order valence-electron chi connectivity index (χ3n) is 2.96. The predicted molar refractivity (Wildman–Crippen MR) is 62.3 cm³/mol. The van der Waals surface area contributed by atoms with Crippen molar-refractivity contribution in [3.63, 3.8) is 0 Å². The molecule has 15 heavy (non-hydrogen) atoms. The fourth-order valence-electron chi connectivity index (χ4n) is 1.92. The Morgan fingerprint density at radius 2 is 2.27 bits per heavy atom. The summed E-state index contributed by atoms with van der Waals surface area (Å²) in [7, 11) is -2.96. The number of nitrogens with one attached hydrogen (secondary N) is 1. The minimum atomic E-state index is -2.96. The van der Waals surface area contributed by atoms with Gasteiger partial charge in [0.05, 0.1) is 5.25 Å². The molecule has 1 rings (SSSR count). The zero-order valence-electron chi connectivity index (χ0n) is 9.73. The molecule has 0 aromatic rings. The molecule has 5 heteroatoms. The number of hydrogen-bond donors (Lipinski definition) is 1. The first-order valence-electron chi connectivity index (χ1n) is 5.45. The average Bonchev–Trinajstić information content (AvgIpc) is 2.17. The van der Waals surface area contributed by atoms with E-state index >= 15 is 0 Å². The zero-order valence-corrected chi connectivity index (χ0v) is 10.5. The fourth-order valence-corrected chi connectivity index (χ4v) is 2.75. The van der Waals surface area contributed by atoms with Crippen molar-refractivity contribution < 1.29 is 8.42 Å². The second kappa shape index (κ2) is 5.27. The first-order valence-corrected chi connectivity index (χ1v) is 7.41. The van der Waals surface area contributed by atoms with Crippen LogP contribution in [0.2, 0.25) is 0 Å². The van der Waals surface area contributed by atoms with Crippen LogP contribution in [0.25, 0.3) is 0 Å². The summed E-state index contributed by atoms with van der Waals surface area (Å²) in [4.78, 5) is 2.17. The van der Waals surface area contributed by atoms with Crippen LogP contribution in [0.4, 0.5) is 0 Å². The van der Waals surface area contributed by atoms with E-state index in [0.717, 1.165) is 26.1 Å². The Hall–Kier alpha value is -0.130. The van der Waals surface area contributed by atoms with Gasteiger partial charge in [0.2, 0.25) is 0 Å². The number of nitrogens with zero attached hydrogens (tertiary/aromatic N) is 1. The molecule has 1 fully saturated rings. The minimum absolute atomic E-state index is 0.0775. The monoisotopic (exact) mass is 233 g/mol. The molecule has 1 aliphatic rings. The molecule has 1 saturated heterocycles. The van der Waals surface area contributed by atoms with Gasteiger partial charge in [0, 0.05) is 38.5 Å². The molecule has 4 nitrogen and oxygen atoms in total. The number of hydrogen-bond acceptors (Lipinski definition) is 4. The summed E-state index contributed by atoms with van der Waals surface area (Å²) in [6.45, 7) is 8.56. The van der Waals surface area contributed by atoms with Gasteiger partial charge in [0.25, 0.3) is 0 Å². The summed E-state index contributed by atoms with van der Waals surface area (Å²) < 4.78 is 23.0. The van der Waals surface area contributed by atoms with Crippen LogP contribution in [-0.2, 0) is 9.84 Å². The molecule has 0 aliphatic carbocycles. The summed E-state index contributed by atoms with van der Waals surface area (Å²) in [6, 6.07) is 0.0775. The quantitative estimate of drug-likeness (QED) is 0.757. The van der Waals surface area contributed by atoms with Crippen LogP contribution < -0.4 is 5.32 Å². The molecule has 1 radical (unpaired) electrons. The van der Waals surface area contributed by atoms with E-state index in [1.165, 1.54) is 6.26 Å². The summed E-state index contributed by atoms with van der Waals surface area (Å²) in [6.07, 6.45) is 2.27. The van der Waals surface area contributed by atoms with Crippen LogP contribution in [0, 0.1) is 6.54 Å². The van der Waals surface area contributed by atoms with Gasteiger partial charge in [-0.15, -0.1) is 0 Å². The highest BCUT2D eigenvalue weighted by Gasteiger charge is 2.32. The van der Waals surface area contributed by atoms with Crippen LogP contribution in [0.5, 0.6) is 0 Å². The Morgan fingerprint density at radius 3 is 2.80 bits per heavy atom. The lowest BCUT2D eigenvalue weighted by atomic mass is 10.1. The van der Waals surface area contributed by atoms with Gasteiger partial charge >= 0.3 is 0 Å². The lowest BCUT2D eigenvalue weighted by molar-refractivity contribution is 0.194. The molecular formula is C10H21N2O2S. The van der Waals surface area contributed by atoms with Crippen molar-refractivity contribution >= 4 is 9.84 Å². The summed E-state index contributed by atoms with van der Waals surface area (Å²) in [5, 5.41) is 2.94. The van der Waals surface area contributed by atoms with Crippen molar-refractivity contribution in [1.82, 2.24) is 10.2 Å². The molecule has 0 saturated carbocycles. The highest BCUT2D eigenvalue weighted by atomic mass is 32.2. The third-order valence-corrected chi connectivity index (χ3v) is 4.63. The van der Waals surface area contributed by atoms with Gasteiger partial charge < -0.3 is 5.32 Å². The number of rotatable bonds is 4. The Balaban J connectivity index is 2.71. The van der Waals surface area contributed by atoms with E-state index in [2.05, 4.69) is 23.7 Å². The SMILES string of the molecule is CC[CH]N1CCNCC1C(C)S(C)(=O)=O. The molecule has 1 N–H and O–H groups in total. The Labute approximate surface area is 93.0 Å². The van der Waals surface area contributed by atoms with E-state index in [1.54, 1.807) is 6.92 Å². The minimum Gasteiger partial charge on any atom is -0.314 e. The first kappa shape index (κ1) is 12.9. The van der Waals surface area contributed by atoms with Crippen LogP contribution in [0.1, 0.15) is 20.3 Å². The van der Waals surface area contributed by atoms with Crippen molar-refractivity contribution in [3.8, 4) is 0 Å². The predicted octanol–water partition coefficient (Wildman–Crippen LogP) is 0.265. The van der Waals surface area contributed by atoms with Crippen LogP contribution in [0.15, 0.2) is 0 Å². The molecule has 2 atom stereocenters. The first-order chi connectivity index (χ1) is 6.96. The Morgan fingerprint density at radius 1 is 1.60 bits per heavy atom. The van der Waals surface area contributed by atoms with Crippen LogP contribution >= 0.6 is 0 Å². The molecular weight excluding hydrogens is 212 g/mol. The molecule has 1 aliphatic heterocycles. The van der Waals surface area contributed by atoms with Gasteiger partial charge in [-0.05, 0) is 13.3 Å². The molecule has 0 aromatic heterocycles. The van der Waals surface area contributed by atoms with Gasteiger partial charge in [0.1, 0.15) is 0 Å². The van der Waals surface area contributed by atoms with Gasteiger partial charge in [-0.1, -0.05) is 6.92 Å². The molecule has 0 aromatic carbocycles. The van der Waals surface area contributed by atoms with E-state index < -0.39 is 9.84 Å². The lowest BCUT2D eigenvalue weighted by Crippen LogP contribution is -2.56. The largest absolute Gasteiger partial charge is 0.314 e. The third kappa shape index (κ3) is 3.43. The van der Waals surface area contributed by atoms with E-state index in [9.17, 15) is 8.42 Å². The molecule has 0 bridgehead atoms. The fraction of sp³-hybridized carbons (Fsp3) is 0.900. The smallest absolute Gasteiger partial charge is 0.151 e. The Bertz CT molecular complexity index is 288. The molecule has 0 spiro atoms. The second-order valence-corrected chi connectivity index (χ2v) is 6.54. The summed E-state index contributed by atoms with van der Waals surface area (Å²) in [5.74, 6) is 0. The van der Waals surface area contributed by atoms with Crippen LogP contribution in [-0.4, -0.2) is 50.5 Å². The number of sulfone groups is 1. The maximum Gasteiger partial charge on any atom is 0.151 e. The molecule has 0 amide bonds. The van der Waals surface area contributed by atoms with E-state index in [-0.39, 0.29) is 11.3 Å². The van der Waals surface area contributed by atoms with Crippen molar-refractivity contribution in [2.75, 3.05) is 25.9 Å². The van der Waals surface area contributed by atoms with E-state index in [1.807, 2.05) is 0 Å². The molecule has 89 valence electrons. The summed E-state index contributed by atoms with van der Waals surface area (Å²) >= 11 is 0. The topological polar surface area (TPSA) is 49.4 Å². The van der Waals surface area contributed by atoms with Crippen molar-refractivity contribution in [2.24, 2.45) is 0 Å². The maximum atomic E-state index is 11.5. The van der Waals surface area contributed by atoms with Crippen molar-refractivity contribution in [1.29, 1.82) is 0 Å². The van der Waals surface area contributed by atoms with Gasteiger partial charge in [-0.25, -0.2) is 8.42 Å². The van der Waals surface area contributed by atoms with Crippen molar-refractivity contribution in [2.45, 2.75) is 31.6 Å². The highest BCUT2D eigenvalue weighted by molar-refractivity contribution is 7.91. The second-order valence-electron chi connectivity index (χ2n) is 4.13. The normalized spacial score (nSPS) is 26.5. The average molecular weight is 233 g/mol. The Kier molecular flexibility index (Phi) is 4.55.